The topological polar surface area (TPSA) is 74.8 Å². The van der Waals surface area contributed by atoms with Crippen LogP contribution in [0.2, 0.25) is 5.02 Å². The second-order valence-electron chi connectivity index (χ2n) is 6.72. The standard InChI is InChI=1S/C22H20BrClN6/c1-14-12-21(29-17-5-2-15(23)3-6-17)30-22(28-14)27-11-10-26-19-8-9-25-20-13-16(24)4-7-18(19)20/h2-9,12-13H,10-11H2,1H3,(H,25,26)(H2,27,28,29,30). The van der Waals surface area contributed by atoms with Gasteiger partial charge in [-0.25, -0.2) is 4.98 Å². The molecule has 6 nitrogen and oxygen atoms in total. The van der Waals surface area contributed by atoms with Crippen LogP contribution in [0.3, 0.4) is 0 Å². The molecule has 0 unspecified atom stereocenters. The lowest BCUT2D eigenvalue weighted by Crippen LogP contribution is -2.16. The Hall–Kier alpha value is -2.90. The average molecular weight is 484 g/mol. The third-order valence-corrected chi connectivity index (χ3v) is 5.16. The van der Waals surface area contributed by atoms with Gasteiger partial charge in [-0.05, 0) is 55.5 Å². The van der Waals surface area contributed by atoms with E-state index < -0.39 is 0 Å². The van der Waals surface area contributed by atoms with Crippen molar-refractivity contribution in [3.63, 3.8) is 0 Å². The molecule has 2 aromatic carbocycles. The Balaban J connectivity index is 1.37. The zero-order valence-electron chi connectivity index (χ0n) is 16.3. The van der Waals surface area contributed by atoms with E-state index in [4.69, 9.17) is 11.6 Å². The number of nitrogens with one attached hydrogen (secondary N) is 3. The Morgan fingerprint density at radius 3 is 2.57 bits per heavy atom. The summed E-state index contributed by atoms with van der Waals surface area (Å²) < 4.78 is 1.03. The van der Waals surface area contributed by atoms with Gasteiger partial charge in [-0.2, -0.15) is 4.98 Å². The fourth-order valence-corrected chi connectivity index (χ4v) is 3.47. The van der Waals surface area contributed by atoms with Gasteiger partial charge in [-0.3, -0.25) is 4.98 Å². The van der Waals surface area contributed by atoms with Crippen LogP contribution in [0.15, 0.2) is 65.3 Å². The first-order chi connectivity index (χ1) is 14.6. The number of halogens is 2. The lowest BCUT2D eigenvalue weighted by molar-refractivity contribution is 1.01. The van der Waals surface area contributed by atoms with Crippen molar-refractivity contribution in [1.29, 1.82) is 0 Å². The fraction of sp³-hybridized carbons (Fsp3) is 0.136. The summed E-state index contributed by atoms with van der Waals surface area (Å²) >= 11 is 9.50. The molecule has 0 aliphatic carbocycles. The van der Waals surface area contributed by atoms with E-state index in [0.717, 1.165) is 38.3 Å². The Morgan fingerprint density at radius 2 is 1.73 bits per heavy atom. The van der Waals surface area contributed by atoms with E-state index in [1.165, 1.54) is 0 Å². The van der Waals surface area contributed by atoms with Gasteiger partial charge < -0.3 is 16.0 Å². The summed E-state index contributed by atoms with van der Waals surface area (Å²) in [6, 6.07) is 17.5. The molecule has 2 aromatic heterocycles. The maximum absolute atomic E-state index is 6.06. The van der Waals surface area contributed by atoms with E-state index in [1.807, 2.05) is 61.5 Å². The van der Waals surface area contributed by atoms with Crippen LogP contribution in [0.1, 0.15) is 5.69 Å². The number of hydrogen-bond acceptors (Lipinski definition) is 6. The third kappa shape index (κ3) is 5.17. The normalized spacial score (nSPS) is 10.8. The first-order valence-electron chi connectivity index (χ1n) is 9.47. The van der Waals surface area contributed by atoms with E-state index in [2.05, 4.69) is 46.8 Å². The molecule has 4 rings (SSSR count). The number of nitrogens with zero attached hydrogens (tertiary/aromatic N) is 3. The summed E-state index contributed by atoms with van der Waals surface area (Å²) in [6.07, 6.45) is 1.78. The molecule has 0 amide bonds. The molecule has 0 bridgehead atoms. The van der Waals surface area contributed by atoms with Crippen LogP contribution in [0.5, 0.6) is 0 Å². The second-order valence-corrected chi connectivity index (χ2v) is 8.08. The molecular formula is C22H20BrClN6. The highest BCUT2D eigenvalue weighted by molar-refractivity contribution is 9.10. The quantitative estimate of drug-likeness (QED) is 0.279. The minimum atomic E-state index is 0.586. The molecule has 30 heavy (non-hydrogen) atoms. The number of benzene rings is 2. The highest BCUT2D eigenvalue weighted by Crippen LogP contribution is 2.24. The number of aromatic nitrogens is 3. The van der Waals surface area contributed by atoms with Crippen LogP contribution in [-0.4, -0.2) is 28.0 Å². The molecule has 0 saturated heterocycles. The molecule has 152 valence electrons. The van der Waals surface area contributed by atoms with Gasteiger partial charge in [-0.15, -0.1) is 0 Å². The molecule has 3 N–H and O–H groups in total. The average Bonchev–Trinajstić information content (AvgIpc) is 2.72. The van der Waals surface area contributed by atoms with Crippen LogP contribution >= 0.6 is 27.5 Å². The molecular weight excluding hydrogens is 464 g/mol. The van der Waals surface area contributed by atoms with Crippen molar-refractivity contribution >= 4 is 61.6 Å². The van der Waals surface area contributed by atoms with Crippen LogP contribution in [0, 0.1) is 6.92 Å². The van der Waals surface area contributed by atoms with Crippen molar-refractivity contribution in [3.05, 3.63) is 76.0 Å². The van der Waals surface area contributed by atoms with Crippen molar-refractivity contribution < 1.29 is 0 Å². The van der Waals surface area contributed by atoms with Gasteiger partial charge in [-0.1, -0.05) is 27.5 Å². The summed E-state index contributed by atoms with van der Waals surface area (Å²) in [4.78, 5) is 13.4. The smallest absolute Gasteiger partial charge is 0.224 e. The molecule has 0 spiro atoms. The monoisotopic (exact) mass is 482 g/mol. The van der Waals surface area contributed by atoms with Gasteiger partial charge in [0.2, 0.25) is 5.95 Å². The van der Waals surface area contributed by atoms with Gasteiger partial charge >= 0.3 is 0 Å². The minimum Gasteiger partial charge on any atom is -0.383 e. The molecule has 0 radical (unpaired) electrons. The fourth-order valence-electron chi connectivity index (χ4n) is 3.04. The lowest BCUT2D eigenvalue weighted by atomic mass is 10.2. The third-order valence-electron chi connectivity index (χ3n) is 4.40. The van der Waals surface area contributed by atoms with Crippen molar-refractivity contribution in [2.45, 2.75) is 6.92 Å². The molecule has 0 fully saturated rings. The van der Waals surface area contributed by atoms with Crippen molar-refractivity contribution in [1.82, 2.24) is 15.0 Å². The van der Waals surface area contributed by atoms with Gasteiger partial charge in [0, 0.05) is 57.3 Å². The summed E-state index contributed by atoms with van der Waals surface area (Å²) in [5, 5.41) is 11.7. The van der Waals surface area contributed by atoms with Gasteiger partial charge in [0.1, 0.15) is 5.82 Å². The van der Waals surface area contributed by atoms with Crippen LogP contribution in [-0.2, 0) is 0 Å². The molecule has 0 atom stereocenters. The van der Waals surface area contributed by atoms with E-state index in [0.29, 0.717) is 24.1 Å². The SMILES string of the molecule is Cc1cc(Nc2ccc(Br)cc2)nc(NCCNc2ccnc3cc(Cl)ccc23)n1. The number of hydrogen-bond donors (Lipinski definition) is 3. The lowest BCUT2D eigenvalue weighted by Gasteiger charge is -2.12. The van der Waals surface area contributed by atoms with Crippen LogP contribution in [0.4, 0.5) is 23.1 Å². The Bertz CT molecular complexity index is 1170. The molecule has 4 aromatic rings. The molecule has 0 saturated carbocycles. The Kier molecular flexibility index (Phi) is 6.30. The van der Waals surface area contributed by atoms with E-state index in [-0.39, 0.29) is 0 Å². The number of anilines is 4. The highest BCUT2D eigenvalue weighted by atomic mass is 79.9. The highest BCUT2D eigenvalue weighted by Gasteiger charge is 2.05. The van der Waals surface area contributed by atoms with Crippen LogP contribution < -0.4 is 16.0 Å². The van der Waals surface area contributed by atoms with Gasteiger partial charge in [0.25, 0.3) is 0 Å². The zero-order chi connectivity index (χ0) is 20.9. The Labute approximate surface area is 188 Å². The minimum absolute atomic E-state index is 0.586. The first-order valence-corrected chi connectivity index (χ1v) is 10.6. The maximum atomic E-state index is 6.06. The molecule has 8 heteroatoms. The molecule has 0 aliphatic rings. The van der Waals surface area contributed by atoms with E-state index in [1.54, 1.807) is 6.20 Å². The van der Waals surface area contributed by atoms with E-state index >= 15 is 0 Å². The number of rotatable bonds is 7. The predicted octanol–water partition coefficient (Wildman–Crippen LogP) is 6.02. The van der Waals surface area contributed by atoms with Crippen LogP contribution in [0.25, 0.3) is 10.9 Å². The van der Waals surface area contributed by atoms with Crippen molar-refractivity contribution in [2.75, 3.05) is 29.0 Å². The molecule has 0 aliphatic heterocycles. The number of fused-ring (bicyclic) bond motifs is 1. The summed E-state index contributed by atoms with van der Waals surface area (Å²) in [5.74, 6) is 1.33. The summed E-state index contributed by atoms with van der Waals surface area (Å²) in [5.41, 5.74) is 3.73. The summed E-state index contributed by atoms with van der Waals surface area (Å²) in [6.45, 7) is 3.32. The van der Waals surface area contributed by atoms with E-state index in [9.17, 15) is 0 Å². The number of pyridine rings is 1. The van der Waals surface area contributed by atoms with Gasteiger partial charge in [0.15, 0.2) is 0 Å². The van der Waals surface area contributed by atoms with Gasteiger partial charge in [0.05, 0.1) is 5.52 Å². The predicted molar refractivity (Wildman–Crippen MR) is 128 cm³/mol. The molecule has 2 heterocycles. The largest absolute Gasteiger partial charge is 0.383 e. The Morgan fingerprint density at radius 1 is 0.933 bits per heavy atom. The van der Waals surface area contributed by atoms with Crippen molar-refractivity contribution in [3.8, 4) is 0 Å². The van der Waals surface area contributed by atoms with Crippen molar-refractivity contribution in [2.24, 2.45) is 0 Å². The maximum Gasteiger partial charge on any atom is 0.224 e. The number of aryl methyl sites for hydroxylation is 1. The first kappa shape index (κ1) is 20.4. The second kappa shape index (κ2) is 9.28. The summed E-state index contributed by atoms with van der Waals surface area (Å²) in [7, 11) is 0. The zero-order valence-corrected chi connectivity index (χ0v) is 18.6.